The summed E-state index contributed by atoms with van der Waals surface area (Å²) in [6, 6.07) is 11.2. The van der Waals surface area contributed by atoms with Gasteiger partial charge in [0, 0.05) is 6.54 Å². The molecule has 0 saturated carbocycles. The van der Waals surface area contributed by atoms with Gasteiger partial charge in [-0.2, -0.15) is 0 Å². The van der Waals surface area contributed by atoms with Gasteiger partial charge in [0.15, 0.2) is 5.13 Å². The molecule has 0 saturated heterocycles. The van der Waals surface area contributed by atoms with Crippen LogP contribution in [0.25, 0.3) is 21.3 Å². The van der Waals surface area contributed by atoms with Crippen LogP contribution in [0, 0.1) is 0 Å². The van der Waals surface area contributed by atoms with Crippen LogP contribution in [-0.2, 0) is 0 Å². The van der Waals surface area contributed by atoms with Crippen molar-refractivity contribution < 1.29 is 14.3 Å². The van der Waals surface area contributed by atoms with Crippen LogP contribution >= 0.6 is 11.3 Å². The molecule has 0 fully saturated rings. The zero-order chi connectivity index (χ0) is 22.7. The number of aromatic nitrogens is 3. The third-order valence-corrected chi connectivity index (χ3v) is 6.12. The Morgan fingerprint density at radius 3 is 2.41 bits per heavy atom. The second-order valence-electron chi connectivity index (χ2n) is 7.50. The van der Waals surface area contributed by atoms with Crippen LogP contribution in [0.1, 0.15) is 16.9 Å². The van der Waals surface area contributed by atoms with E-state index in [2.05, 4.69) is 14.9 Å². The lowest BCUT2D eigenvalue weighted by atomic mass is 10.2. The first kappa shape index (κ1) is 21.9. The number of carbonyl (C=O) groups excluding carboxylic acids is 1. The Hall–Kier alpha value is -3.30. The highest BCUT2D eigenvalue weighted by atomic mass is 32.1. The zero-order valence-corrected chi connectivity index (χ0v) is 19.3. The second-order valence-corrected chi connectivity index (χ2v) is 8.48. The molecule has 4 rings (SSSR count). The molecule has 0 aliphatic rings. The normalized spacial score (nSPS) is 11.3. The van der Waals surface area contributed by atoms with Gasteiger partial charge in [-0.05, 0) is 51.3 Å². The van der Waals surface area contributed by atoms with Gasteiger partial charge < -0.3 is 14.4 Å². The largest absolute Gasteiger partial charge is 0.495 e. The molecule has 2 heterocycles. The molecule has 166 valence electrons. The van der Waals surface area contributed by atoms with E-state index in [4.69, 9.17) is 14.5 Å². The molecule has 0 bridgehead atoms. The van der Waals surface area contributed by atoms with E-state index in [0.717, 1.165) is 23.2 Å². The molecule has 0 aliphatic heterocycles. The summed E-state index contributed by atoms with van der Waals surface area (Å²) in [5, 5.41) is 0.571. The highest BCUT2D eigenvalue weighted by Crippen LogP contribution is 2.40. The van der Waals surface area contributed by atoms with Crippen molar-refractivity contribution in [1.82, 2.24) is 19.9 Å². The molecule has 2 aromatic heterocycles. The summed E-state index contributed by atoms with van der Waals surface area (Å²) in [6.45, 7) is 1.33. The van der Waals surface area contributed by atoms with Gasteiger partial charge in [0.05, 0.1) is 31.4 Å². The fraction of sp³-hybridized carbons (Fsp3) is 0.304. The van der Waals surface area contributed by atoms with Crippen LogP contribution in [0.4, 0.5) is 5.13 Å². The fourth-order valence-electron chi connectivity index (χ4n) is 3.42. The van der Waals surface area contributed by atoms with E-state index in [-0.39, 0.29) is 11.6 Å². The number of amides is 1. The maximum absolute atomic E-state index is 13.6. The minimum Gasteiger partial charge on any atom is -0.495 e. The quantitative estimate of drug-likeness (QED) is 0.402. The number of anilines is 1. The van der Waals surface area contributed by atoms with Gasteiger partial charge in [0.25, 0.3) is 5.91 Å². The standard InChI is InChI=1S/C23H25N5O3S/c1-27(2)12-7-13-28(22(29)17-14-24-15-8-5-6-9-16(15)25-17)23-26-20-18(30-3)10-11-19(31-4)21(20)32-23/h5-6,8-11,14H,7,12-13H2,1-4H3. The lowest BCUT2D eigenvalue weighted by Gasteiger charge is -2.20. The molecule has 4 aromatic rings. The van der Waals surface area contributed by atoms with Gasteiger partial charge >= 0.3 is 0 Å². The topological polar surface area (TPSA) is 80.7 Å². The highest BCUT2D eigenvalue weighted by molar-refractivity contribution is 7.22. The van der Waals surface area contributed by atoms with Crippen LogP contribution in [0.15, 0.2) is 42.6 Å². The molecule has 2 aromatic carbocycles. The molecule has 9 heteroatoms. The van der Waals surface area contributed by atoms with E-state index in [9.17, 15) is 4.79 Å². The predicted molar refractivity (Wildman–Crippen MR) is 127 cm³/mol. The maximum atomic E-state index is 13.6. The number of thiazole rings is 1. The first-order chi connectivity index (χ1) is 15.5. The molecule has 0 unspecified atom stereocenters. The average Bonchev–Trinajstić information content (AvgIpc) is 3.25. The fourth-order valence-corrected chi connectivity index (χ4v) is 4.52. The molecule has 0 aliphatic carbocycles. The SMILES string of the molecule is COc1ccc(OC)c2sc(N(CCCN(C)C)C(=O)c3cnc4ccccc4n3)nc12. The second kappa shape index (κ2) is 9.46. The molecular formula is C23H25N5O3S. The highest BCUT2D eigenvalue weighted by Gasteiger charge is 2.25. The van der Waals surface area contributed by atoms with Gasteiger partial charge in [-0.3, -0.25) is 14.7 Å². The number of ether oxygens (including phenoxy) is 2. The summed E-state index contributed by atoms with van der Waals surface area (Å²) in [5.74, 6) is 1.09. The number of hydrogen-bond acceptors (Lipinski definition) is 8. The van der Waals surface area contributed by atoms with Crippen molar-refractivity contribution in [3.8, 4) is 11.5 Å². The Kier molecular flexibility index (Phi) is 6.48. The Morgan fingerprint density at radius 1 is 0.969 bits per heavy atom. The van der Waals surface area contributed by atoms with E-state index in [1.807, 2.05) is 50.5 Å². The number of nitrogens with zero attached hydrogens (tertiary/aromatic N) is 5. The van der Waals surface area contributed by atoms with E-state index >= 15 is 0 Å². The van der Waals surface area contributed by atoms with Crippen molar-refractivity contribution in [2.45, 2.75) is 6.42 Å². The van der Waals surface area contributed by atoms with Crippen molar-refractivity contribution in [3.63, 3.8) is 0 Å². The molecule has 8 nitrogen and oxygen atoms in total. The van der Waals surface area contributed by atoms with Gasteiger partial charge in [0.2, 0.25) is 0 Å². The van der Waals surface area contributed by atoms with E-state index in [0.29, 0.717) is 34.2 Å². The zero-order valence-electron chi connectivity index (χ0n) is 18.5. The molecule has 0 atom stereocenters. The van der Waals surface area contributed by atoms with Gasteiger partial charge in [-0.25, -0.2) is 9.97 Å². The molecule has 0 radical (unpaired) electrons. The van der Waals surface area contributed by atoms with Crippen molar-refractivity contribution in [2.75, 3.05) is 46.3 Å². The summed E-state index contributed by atoms with van der Waals surface area (Å²) in [4.78, 5) is 31.0. The minimum atomic E-state index is -0.237. The van der Waals surface area contributed by atoms with Crippen LogP contribution in [-0.4, -0.2) is 67.2 Å². The Bertz CT molecular complexity index is 1220. The molecule has 32 heavy (non-hydrogen) atoms. The van der Waals surface area contributed by atoms with Crippen LogP contribution < -0.4 is 14.4 Å². The van der Waals surface area contributed by atoms with Crippen molar-refractivity contribution >= 4 is 43.6 Å². The van der Waals surface area contributed by atoms with E-state index in [1.165, 1.54) is 17.5 Å². The predicted octanol–water partition coefficient (Wildman–Crippen LogP) is 3.86. The minimum absolute atomic E-state index is 0.237. The summed E-state index contributed by atoms with van der Waals surface area (Å²) in [5.41, 5.74) is 2.38. The van der Waals surface area contributed by atoms with Crippen molar-refractivity contribution in [2.24, 2.45) is 0 Å². The monoisotopic (exact) mass is 451 g/mol. The molecular weight excluding hydrogens is 426 g/mol. The van der Waals surface area contributed by atoms with E-state index < -0.39 is 0 Å². The third-order valence-electron chi connectivity index (χ3n) is 5.03. The van der Waals surface area contributed by atoms with Crippen LogP contribution in [0.5, 0.6) is 11.5 Å². The lowest BCUT2D eigenvalue weighted by molar-refractivity contribution is 0.0981. The van der Waals surface area contributed by atoms with Gasteiger partial charge in [-0.1, -0.05) is 23.5 Å². The van der Waals surface area contributed by atoms with Crippen LogP contribution in [0.2, 0.25) is 0 Å². The summed E-state index contributed by atoms with van der Waals surface area (Å²) in [6.07, 6.45) is 2.31. The summed E-state index contributed by atoms with van der Waals surface area (Å²) in [7, 11) is 7.24. The number of benzene rings is 2. The lowest BCUT2D eigenvalue weighted by Crippen LogP contribution is -2.34. The Labute approximate surface area is 190 Å². The number of fused-ring (bicyclic) bond motifs is 2. The van der Waals surface area contributed by atoms with Gasteiger partial charge in [-0.15, -0.1) is 0 Å². The summed E-state index contributed by atoms with van der Waals surface area (Å²) < 4.78 is 11.8. The maximum Gasteiger partial charge on any atom is 0.280 e. The average molecular weight is 452 g/mol. The Balaban J connectivity index is 1.76. The van der Waals surface area contributed by atoms with Crippen molar-refractivity contribution in [3.05, 3.63) is 48.3 Å². The number of methoxy groups -OCH3 is 2. The van der Waals surface area contributed by atoms with Crippen molar-refractivity contribution in [1.29, 1.82) is 0 Å². The van der Waals surface area contributed by atoms with E-state index in [1.54, 1.807) is 19.1 Å². The third kappa shape index (κ3) is 4.35. The number of carbonyl (C=O) groups is 1. The molecule has 0 N–H and O–H groups in total. The first-order valence-electron chi connectivity index (χ1n) is 10.2. The number of para-hydroxylation sites is 2. The molecule has 1 amide bonds. The number of hydrogen-bond donors (Lipinski definition) is 0. The Morgan fingerprint density at radius 2 is 1.69 bits per heavy atom. The number of rotatable bonds is 8. The van der Waals surface area contributed by atoms with Crippen LogP contribution in [0.3, 0.4) is 0 Å². The summed E-state index contributed by atoms with van der Waals surface area (Å²) >= 11 is 1.40. The molecule has 0 spiro atoms. The smallest absolute Gasteiger partial charge is 0.280 e. The van der Waals surface area contributed by atoms with Gasteiger partial charge in [0.1, 0.15) is 27.4 Å². The first-order valence-corrected chi connectivity index (χ1v) is 11.0.